The van der Waals surface area contributed by atoms with Crippen molar-refractivity contribution in [1.82, 2.24) is 4.98 Å². The third-order valence-electron chi connectivity index (χ3n) is 3.59. The van der Waals surface area contributed by atoms with Crippen LogP contribution in [0.5, 0.6) is 5.75 Å². The van der Waals surface area contributed by atoms with Crippen LogP contribution in [0.25, 0.3) is 0 Å². The van der Waals surface area contributed by atoms with E-state index in [0.29, 0.717) is 30.2 Å². The minimum absolute atomic E-state index is 0.133. The molecule has 21 heavy (non-hydrogen) atoms. The molecule has 0 radical (unpaired) electrons. The summed E-state index contributed by atoms with van der Waals surface area (Å²) in [7, 11) is 1.91. The topological polar surface area (TPSA) is 82.7 Å². The number of pyridine rings is 1. The molecule has 1 aromatic carbocycles. The Balaban J connectivity index is 2.07. The molecule has 0 fully saturated rings. The monoisotopic (exact) mass is 284 g/mol. The van der Waals surface area contributed by atoms with Gasteiger partial charge in [0.25, 0.3) is 5.91 Å². The zero-order valence-electron chi connectivity index (χ0n) is 11.7. The second kappa shape index (κ2) is 4.97. The van der Waals surface area contributed by atoms with Crippen LogP contribution in [-0.2, 0) is 0 Å². The minimum Gasteiger partial charge on any atom is -0.508 e. The number of phenols is 1. The molecule has 1 amide bonds. The summed E-state index contributed by atoms with van der Waals surface area (Å²) in [6.45, 7) is 1.19. The molecule has 2 heterocycles. The van der Waals surface area contributed by atoms with Crippen molar-refractivity contribution in [2.45, 2.75) is 0 Å². The molecule has 2 aromatic rings. The molecule has 0 unspecified atom stereocenters. The number of aromatic nitrogens is 1. The van der Waals surface area contributed by atoms with Crippen LogP contribution in [0.4, 0.5) is 17.2 Å². The van der Waals surface area contributed by atoms with Gasteiger partial charge in [-0.15, -0.1) is 0 Å². The number of rotatable bonds is 1. The van der Waals surface area contributed by atoms with Crippen LogP contribution >= 0.6 is 0 Å². The molecule has 6 heteroatoms. The van der Waals surface area contributed by atoms with Crippen LogP contribution in [0, 0.1) is 0 Å². The molecule has 1 aliphatic rings. The molecule has 0 spiro atoms. The Morgan fingerprint density at radius 2 is 2.10 bits per heavy atom. The lowest BCUT2D eigenvalue weighted by Crippen LogP contribution is -2.33. The predicted octanol–water partition coefficient (Wildman–Crippen LogP) is 1.47. The summed E-state index contributed by atoms with van der Waals surface area (Å²) >= 11 is 0. The molecule has 108 valence electrons. The van der Waals surface area contributed by atoms with Crippen molar-refractivity contribution in [2.75, 3.05) is 35.7 Å². The van der Waals surface area contributed by atoms with Crippen molar-refractivity contribution in [3.05, 3.63) is 42.1 Å². The SMILES string of the molecule is CN1CCN(c2cccc(O)c2)C(=O)c2cnc(N)cc21. The van der Waals surface area contributed by atoms with Crippen molar-refractivity contribution >= 4 is 23.1 Å². The summed E-state index contributed by atoms with van der Waals surface area (Å²) in [4.78, 5) is 20.4. The number of likely N-dealkylation sites (N-methyl/N-ethyl adjacent to an activating group) is 1. The Labute approximate surface area is 122 Å². The number of fused-ring (bicyclic) bond motifs is 1. The number of hydrogen-bond acceptors (Lipinski definition) is 5. The van der Waals surface area contributed by atoms with E-state index in [1.807, 2.05) is 11.9 Å². The van der Waals surface area contributed by atoms with E-state index in [1.165, 1.54) is 6.20 Å². The Bertz CT molecular complexity index is 702. The van der Waals surface area contributed by atoms with Crippen LogP contribution in [0.1, 0.15) is 10.4 Å². The van der Waals surface area contributed by atoms with E-state index in [2.05, 4.69) is 4.98 Å². The van der Waals surface area contributed by atoms with Gasteiger partial charge < -0.3 is 20.6 Å². The molecule has 0 saturated heterocycles. The first-order chi connectivity index (χ1) is 10.1. The summed E-state index contributed by atoms with van der Waals surface area (Å²) in [6, 6.07) is 8.38. The number of anilines is 3. The van der Waals surface area contributed by atoms with Crippen molar-refractivity contribution < 1.29 is 9.90 Å². The Morgan fingerprint density at radius 3 is 2.86 bits per heavy atom. The number of hydrogen-bond donors (Lipinski definition) is 2. The largest absolute Gasteiger partial charge is 0.508 e. The summed E-state index contributed by atoms with van der Waals surface area (Å²) in [5.74, 6) is 0.375. The van der Waals surface area contributed by atoms with Gasteiger partial charge in [-0.3, -0.25) is 4.79 Å². The Hall–Kier alpha value is -2.76. The maximum atomic E-state index is 12.7. The number of phenolic OH excluding ortho intramolecular Hbond substituents is 1. The van der Waals surface area contributed by atoms with E-state index in [9.17, 15) is 9.90 Å². The first-order valence-electron chi connectivity index (χ1n) is 6.64. The number of carbonyl (C=O) groups is 1. The fourth-order valence-corrected chi connectivity index (χ4v) is 2.47. The highest BCUT2D eigenvalue weighted by atomic mass is 16.3. The number of amides is 1. The van der Waals surface area contributed by atoms with E-state index in [0.717, 1.165) is 5.69 Å². The third-order valence-corrected chi connectivity index (χ3v) is 3.59. The first-order valence-corrected chi connectivity index (χ1v) is 6.64. The van der Waals surface area contributed by atoms with Gasteiger partial charge in [0, 0.05) is 44.2 Å². The van der Waals surface area contributed by atoms with Crippen molar-refractivity contribution in [3.8, 4) is 5.75 Å². The van der Waals surface area contributed by atoms with Crippen LogP contribution in [0.3, 0.4) is 0 Å². The smallest absolute Gasteiger partial charge is 0.262 e. The van der Waals surface area contributed by atoms with E-state index < -0.39 is 0 Å². The van der Waals surface area contributed by atoms with Gasteiger partial charge in [-0.25, -0.2) is 4.98 Å². The lowest BCUT2D eigenvalue weighted by atomic mass is 10.2. The van der Waals surface area contributed by atoms with Crippen LogP contribution in [0.15, 0.2) is 36.5 Å². The van der Waals surface area contributed by atoms with Crippen molar-refractivity contribution in [2.24, 2.45) is 0 Å². The molecule has 3 rings (SSSR count). The van der Waals surface area contributed by atoms with Gasteiger partial charge in [-0.05, 0) is 12.1 Å². The van der Waals surface area contributed by atoms with Gasteiger partial charge in [0.2, 0.25) is 0 Å². The van der Waals surface area contributed by atoms with Gasteiger partial charge >= 0.3 is 0 Å². The van der Waals surface area contributed by atoms with E-state index in [-0.39, 0.29) is 11.7 Å². The quantitative estimate of drug-likeness (QED) is 0.828. The predicted molar refractivity (Wildman–Crippen MR) is 81.7 cm³/mol. The van der Waals surface area contributed by atoms with Crippen LogP contribution in [-0.4, -0.2) is 36.1 Å². The molecular formula is C15H16N4O2. The molecule has 0 saturated carbocycles. The van der Waals surface area contributed by atoms with Crippen molar-refractivity contribution in [1.29, 1.82) is 0 Å². The zero-order valence-corrected chi connectivity index (χ0v) is 11.7. The zero-order chi connectivity index (χ0) is 15.0. The number of nitrogens with zero attached hydrogens (tertiary/aromatic N) is 3. The van der Waals surface area contributed by atoms with E-state index >= 15 is 0 Å². The minimum atomic E-state index is -0.146. The maximum absolute atomic E-state index is 12.7. The van der Waals surface area contributed by atoms with Crippen LogP contribution < -0.4 is 15.5 Å². The van der Waals surface area contributed by atoms with Gasteiger partial charge in [-0.2, -0.15) is 0 Å². The highest BCUT2D eigenvalue weighted by Gasteiger charge is 2.26. The van der Waals surface area contributed by atoms with Gasteiger partial charge in [0.05, 0.1) is 11.3 Å². The van der Waals surface area contributed by atoms with E-state index in [1.54, 1.807) is 35.2 Å². The maximum Gasteiger partial charge on any atom is 0.262 e. The lowest BCUT2D eigenvalue weighted by molar-refractivity contribution is 0.0990. The van der Waals surface area contributed by atoms with Gasteiger partial charge in [0.1, 0.15) is 11.6 Å². The van der Waals surface area contributed by atoms with Gasteiger partial charge in [-0.1, -0.05) is 6.07 Å². The molecule has 3 N–H and O–H groups in total. The molecular weight excluding hydrogens is 268 g/mol. The second-order valence-electron chi connectivity index (χ2n) is 5.02. The summed E-state index contributed by atoms with van der Waals surface area (Å²) in [5, 5.41) is 9.61. The highest BCUT2D eigenvalue weighted by Crippen LogP contribution is 2.29. The number of carbonyl (C=O) groups excluding carboxylic acids is 1. The third kappa shape index (κ3) is 2.35. The average Bonchev–Trinajstić information content (AvgIpc) is 2.57. The molecule has 0 bridgehead atoms. The lowest BCUT2D eigenvalue weighted by Gasteiger charge is -2.21. The normalized spacial score (nSPS) is 14.8. The molecule has 6 nitrogen and oxygen atoms in total. The molecule has 1 aliphatic heterocycles. The summed E-state index contributed by atoms with van der Waals surface area (Å²) in [6.07, 6.45) is 1.50. The number of benzene rings is 1. The number of nitrogen functional groups attached to an aromatic ring is 1. The molecule has 1 aromatic heterocycles. The Kier molecular flexibility index (Phi) is 3.13. The molecule has 0 atom stereocenters. The fraction of sp³-hybridized carbons (Fsp3) is 0.200. The number of nitrogens with two attached hydrogens (primary N) is 1. The summed E-state index contributed by atoms with van der Waals surface area (Å²) < 4.78 is 0. The van der Waals surface area contributed by atoms with E-state index in [4.69, 9.17) is 5.73 Å². The fourth-order valence-electron chi connectivity index (χ4n) is 2.47. The standard InChI is InChI=1S/C15H16N4O2/c1-18-5-6-19(10-3-2-4-11(20)7-10)15(21)12-9-17-14(16)8-13(12)18/h2-4,7-9,20H,5-6H2,1H3,(H2,16,17). The average molecular weight is 284 g/mol. The highest BCUT2D eigenvalue weighted by molar-refractivity contribution is 6.10. The first kappa shape index (κ1) is 13.2. The van der Waals surface area contributed by atoms with Crippen molar-refractivity contribution in [3.63, 3.8) is 0 Å². The number of aromatic hydroxyl groups is 1. The summed E-state index contributed by atoms with van der Waals surface area (Å²) in [5.41, 5.74) is 7.66. The molecule has 0 aliphatic carbocycles. The Morgan fingerprint density at radius 1 is 1.29 bits per heavy atom. The van der Waals surface area contributed by atoms with Gasteiger partial charge in [0.15, 0.2) is 0 Å². The van der Waals surface area contributed by atoms with Crippen LogP contribution in [0.2, 0.25) is 0 Å². The second-order valence-corrected chi connectivity index (χ2v) is 5.02.